The van der Waals surface area contributed by atoms with E-state index in [0.717, 1.165) is 20.3 Å². The summed E-state index contributed by atoms with van der Waals surface area (Å²) in [6.45, 7) is 6.02. The van der Waals surface area contributed by atoms with Gasteiger partial charge in [-0.2, -0.15) is 0 Å². The Kier molecular flexibility index (Phi) is 5.19. The lowest BCUT2D eigenvalue weighted by Crippen LogP contribution is -2.10. The molecule has 0 amide bonds. The van der Waals surface area contributed by atoms with Gasteiger partial charge in [-0.15, -0.1) is 11.3 Å². The maximum atomic E-state index is 12.3. The van der Waals surface area contributed by atoms with Gasteiger partial charge in [0.2, 0.25) is 0 Å². The van der Waals surface area contributed by atoms with Crippen molar-refractivity contribution in [1.29, 1.82) is 0 Å². The molecule has 0 saturated heterocycles. The van der Waals surface area contributed by atoms with Crippen LogP contribution in [0.15, 0.2) is 28.2 Å². The Balaban J connectivity index is 1.74. The van der Waals surface area contributed by atoms with E-state index in [1.807, 2.05) is 13.8 Å². The van der Waals surface area contributed by atoms with Gasteiger partial charge in [0.05, 0.1) is 28.3 Å². The van der Waals surface area contributed by atoms with Gasteiger partial charge >= 0.3 is 5.97 Å². The Labute approximate surface area is 152 Å². The first-order chi connectivity index (χ1) is 12.0. The van der Waals surface area contributed by atoms with Crippen LogP contribution in [0.4, 0.5) is 0 Å². The zero-order valence-electron chi connectivity index (χ0n) is 14.1. The van der Waals surface area contributed by atoms with E-state index in [2.05, 4.69) is 15.0 Å². The third-order valence-electron chi connectivity index (χ3n) is 3.69. The van der Waals surface area contributed by atoms with E-state index in [-0.39, 0.29) is 11.5 Å². The zero-order chi connectivity index (χ0) is 18.0. The predicted octanol–water partition coefficient (Wildman–Crippen LogP) is 3.47. The molecule has 3 heterocycles. The van der Waals surface area contributed by atoms with Gasteiger partial charge in [-0.25, -0.2) is 14.8 Å². The normalized spacial score (nSPS) is 11.0. The topological polar surface area (TPSA) is 84.9 Å². The molecular weight excluding hydrogens is 358 g/mol. The number of hydrogen-bond acceptors (Lipinski definition) is 7. The molecule has 0 spiro atoms. The average Bonchev–Trinajstić information content (AvgIpc) is 2.88. The summed E-state index contributed by atoms with van der Waals surface area (Å²) in [6.07, 6.45) is 1.49. The number of thioether (sulfide) groups is 1. The second-order valence-corrected chi connectivity index (χ2v) is 7.57. The van der Waals surface area contributed by atoms with Crippen molar-refractivity contribution in [2.45, 2.75) is 31.6 Å². The lowest BCUT2D eigenvalue weighted by Gasteiger charge is -2.03. The smallest absolute Gasteiger partial charge is 0.339 e. The van der Waals surface area contributed by atoms with Crippen LogP contribution in [0.25, 0.3) is 10.2 Å². The molecule has 3 rings (SSSR count). The third-order valence-corrected chi connectivity index (χ3v) is 5.75. The molecule has 0 aromatic carbocycles. The SMILES string of the molecule is CCOC(=O)c1ccc(SCc2nc3sc(C)c(C)c3c(=O)[nH]2)nc1. The van der Waals surface area contributed by atoms with E-state index in [0.29, 0.717) is 29.1 Å². The molecule has 130 valence electrons. The summed E-state index contributed by atoms with van der Waals surface area (Å²) in [5, 5.41) is 1.42. The Morgan fingerprint density at radius 1 is 1.36 bits per heavy atom. The van der Waals surface area contributed by atoms with Gasteiger partial charge in [0.25, 0.3) is 5.56 Å². The lowest BCUT2D eigenvalue weighted by molar-refractivity contribution is 0.0525. The van der Waals surface area contributed by atoms with Gasteiger partial charge in [-0.3, -0.25) is 4.79 Å². The van der Waals surface area contributed by atoms with Gasteiger partial charge < -0.3 is 9.72 Å². The van der Waals surface area contributed by atoms with E-state index in [1.165, 1.54) is 29.3 Å². The third kappa shape index (κ3) is 3.74. The number of aromatic nitrogens is 3. The van der Waals surface area contributed by atoms with Gasteiger partial charge in [-0.05, 0) is 38.5 Å². The first-order valence-electron chi connectivity index (χ1n) is 7.74. The standard InChI is InChI=1S/C17H17N3O3S2/c1-4-23-17(22)11-5-6-13(18-7-11)24-8-12-19-15(21)14-9(2)10(3)25-16(14)20-12/h5-7H,4,8H2,1-3H3,(H,19,20,21). The van der Waals surface area contributed by atoms with Gasteiger partial charge in [0.1, 0.15) is 10.7 Å². The van der Waals surface area contributed by atoms with E-state index >= 15 is 0 Å². The first kappa shape index (κ1) is 17.6. The molecule has 0 aliphatic rings. The number of esters is 1. The number of fused-ring (bicyclic) bond motifs is 1. The first-order valence-corrected chi connectivity index (χ1v) is 9.54. The number of aryl methyl sites for hydroxylation is 2. The fourth-order valence-electron chi connectivity index (χ4n) is 2.31. The Morgan fingerprint density at radius 2 is 2.16 bits per heavy atom. The van der Waals surface area contributed by atoms with E-state index in [1.54, 1.807) is 19.1 Å². The second kappa shape index (κ2) is 7.37. The Hall–Kier alpha value is -2.19. The van der Waals surface area contributed by atoms with Crippen LogP contribution in [-0.4, -0.2) is 27.5 Å². The number of pyridine rings is 1. The minimum Gasteiger partial charge on any atom is -0.462 e. The summed E-state index contributed by atoms with van der Waals surface area (Å²) in [5.41, 5.74) is 1.31. The highest BCUT2D eigenvalue weighted by Gasteiger charge is 2.12. The van der Waals surface area contributed by atoms with E-state index < -0.39 is 0 Å². The molecule has 1 N–H and O–H groups in total. The van der Waals surface area contributed by atoms with Crippen LogP contribution in [0.1, 0.15) is 33.5 Å². The zero-order valence-corrected chi connectivity index (χ0v) is 15.7. The fraction of sp³-hybridized carbons (Fsp3) is 0.294. The summed E-state index contributed by atoms with van der Waals surface area (Å²) in [6, 6.07) is 3.44. The number of hydrogen-bond donors (Lipinski definition) is 1. The number of rotatable bonds is 5. The lowest BCUT2D eigenvalue weighted by atomic mass is 10.2. The number of H-pyrrole nitrogens is 1. The maximum Gasteiger partial charge on any atom is 0.339 e. The molecule has 3 aromatic heterocycles. The van der Waals surface area contributed by atoms with Crippen LogP contribution in [0.5, 0.6) is 0 Å². The molecule has 0 fully saturated rings. The minimum absolute atomic E-state index is 0.104. The summed E-state index contributed by atoms with van der Waals surface area (Å²) in [5.74, 6) is 0.721. The van der Waals surface area contributed by atoms with Crippen molar-refractivity contribution in [2.75, 3.05) is 6.61 Å². The van der Waals surface area contributed by atoms with Crippen LogP contribution in [0.2, 0.25) is 0 Å². The molecule has 0 saturated carbocycles. The largest absolute Gasteiger partial charge is 0.462 e. The molecule has 6 nitrogen and oxygen atoms in total. The number of carbonyl (C=O) groups is 1. The Bertz CT molecular complexity index is 977. The molecule has 0 atom stereocenters. The van der Waals surface area contributed by atoms with Gasteiger partial charge in [-0.1, -0.05) is 11.8 Å². The van der Waals surface area contributed by atoms with Crippen LogP contribution in [0, 0.1) is 13.8 Å². The van der Waals surface area contributed by atoms with Crippen molar-refractivity contribution in [3.63, 3.8) is 0 Å². The van der Waals surface area contributed by atoms with Crippen molar-refractivity contribution in [1.82, 2.24) is 15.0 Å². The summed E-state index contributed by atoms with van der Waals surface area (Å²) in [7, 11) is 0. The maximum absolute atomic E-state index is 12.3. The summed E-state index contributed by atoms with van der Waals surface area (Å²) >= 11 is 2.98. The van der Waals surface area contributed by atoms with E-state index in [4.69, 9.17) is 4.74 Å². The number of carbonyl (C=O) groups excluding carboxylic acids is 1. The molecule has 0 aliphatic heterocycles. The van der Waals surface area contributed by atoms with Crippen LogP contribution >= 0.6 is 23.1 Å². The summed E-state index contributed by atoms with van der Waals surface area (Å²) < 4.78 is 4.93. The molecule has 25 heavy (non-hydrogen) atoms. The van der Waals surface area contributed by atoms with Crippen molar-refractivity contribution in [3.05, 3.63) is 50.5 Å². The highest BCUT2D eigenvalue weighted by molar-refractivity contribution is 7.98. The average molecular weight is 375 g/mol. The number of nitrogens with zero attached hydrogens (tertiary/aromatic N) is 2. The van der Waals surface area contributed by atoms with Crippen LogP contribution in [0.3, 0.4) is 0 Å². The number of thiophene rings is 1. The predicted molar refractivity (Wildman–Crippen MR) is 99.5 cm³/mol. The molecular formula is C17H17N3O3S2. The monoisotopic (exact) mass is 375 g/mol. The molecule has 0 unspecified atom stereocenters. The van der Waals surface area contributed by atoms with Crippen molar-refractivity contribution >= 4 is 39.3 Å². The fourth-order valence-corrected chi connectivity index (χ4v) is 4.07. The van der Waals surface area contributed by atoms with Crippen molar-refractivity contribution in [3.8, 4) is 0 Å². The van der Waals surface area contributed by atoms with Gasteiger partial charge in [0.15, 0.2) is 0 Å². The van der Waals surface area contributed by atoms with Crippen molar-refractivity contribution < 1.29 is 9.53 Å². The number of ether oxygens (including phenoxy) is 1. The molecule has 0 aliphatic carbocycles. The van der Waals surface area contributed by atoms with Crippen LogP contribution < -0.4 is 5.56 Å². The molecule has 0 radical (unpaired) electrons. The molecule has 8 heteroatoms. The quantitative estimate of drug-likeness (QED) is 0.543. The molecule has 0 bridgehead atoms. The van der Waals surface area contributed by atoms with Crippen LogP contribution in [-0.2, 0) is 10.5 Å². The summed E-state index contributed by atoms with van der Waals surface area (Å²) in [4.78, 5) is 37.4. The van der Waals surface area contributed by atoms with Crippen molar-refractivity contribution in [2.24, 2.45) is 0 Å². The molecule has 3 aromatic rings. The highest BCUT2D eigenvalue weighted by atomic mass is 32.2. The number of aromatic amines is 1. The van der Waals surface area contributed by atoms with E-state index in [9.17, 15) is 9.59 Å². The number of nitrogens with one attached hydrogen (secondary N) is 1. The second-order valence-electron chi connectivity index (χ2n) is 5.37. The van der Waals surface area contributed by atoms with Gasteiger partial charge in [0, 0.05) is 11.1 Å². The highest BCUT2D eigenvalue weighted by Crippen LogP contribution is 2.27. The minimum atomic E-state index is -0.383. The Morgan fingerprint density at radius 3 is 2.84 bits per heavy atom.